The third kappa shape index (κ3) is 4.49. The molecule has 0 saturated heterocycles. The maximum absolute atomic E-state index is 12.4. The van der Waals surface area contributed by atoms with Crippen LogP contribution in [0.25, 0.3) is 22.3 Å². The molecule has 2 N–H and O–H groups in total. The number of aromatic nitrogens is 2. The largest absolute Gasteiger partial charge is 0.353 e. The molecule has 0 spiro atoms. The van der Waals surface area contributed by atoms with Crippen molar-refractivity contribution in [3.63, 3.8) is 0 Å². The van der Waals surface area contributed by atoms with Gasteiger partial charge in [-0.3, -0.25) is 9.78 Å². The van der Waals surface area contributed by atoms with Crippen molar-refractivity contribution in [2.45, 2.75) is 26.2 Å². The minimum Gasteiger partial charge on any atom is -0.353 e. The highest BCUT2D eigenvalue weighted by atomic mass is 35.5. The Balaban J connectivity index is 1.52. The van der Waals surface area contributed by atoms with Crippen LogP contribution in [0.15, 0.2) is 66.9 Å². The van der Waals surface area contributed by atoms with Crippen LogP contribution >= 0.6 is 11.6 Å². The first-order valence-corrected chi connectivity index (χ1v) is 10.1. The molecule has 0 aliphatic rings. The molecular formula is C24H22ClN3O. The zero-order valence-corrected chi connectivity index (χ0v) is 17.0. The first kappa shape index (κ1) is 19.2. The molecule has 0 radical (unpaired) electrons. The number of nitrogens with zero attached hydrogens (tertiary/aromatic N) is 1. The van der Waals surface area contributed by atoms with Crippen LogP contribution in [0.3, 0.4) is 0 Å². The van der Waals surface area contributed by atoms with Crippen LogP contribution in [0.2, 0.25) is 5.02 Å². The molecule has 2 aromatic heterocycles. The average Bonchev–Trinajstić information content (AvgIpc) is 3.06. The van der Waals surface area contributed by atoms with E-state index in [0.29, 0.717) is 11.4 Å². The summed E-state index contributed by atoms with van der Waals surface area (Å²) in [6.07, 6.45) is 3.77. The maximum atomic E-state index is 12.4. The van der Waals surface area contributed by atoms with E-state index in [2.05, 4.69) is 40.4 Å². The van der Waals surface area contributed by atoms with Crippen molar-refractivity contribution in [3.8, 4) is 11.4 Å². The monoisotopic (exact) mass is 403 g/mol. The van der Waals surface area contributed by atoms with E-state index in [1.165, 1.54) is 16.5 Å². The Bertz CT molecular complexity index is 1150. The SMILES string of the molecule is Cc1ccc2[nH]c(-c3ccccn3)c(CCCC(=O)Nc3cccc(Cl)c3)c2c1. The van der Waals surface area contributed by atoms with Crippen molar-refractivity contribution < 1.29 is 4.79 Å². The van der Waals surface area contributed by atoms with Gasteiger partial charge in [0, 0.05) is 34.2 Å². The second-order valence-electron chi connectivity index (χ2n) is 7.15. The lowest BCUT2D eigenvalue weighted by Crippen LogP contribution is -2.11. The van der Waals surface area contributed by atoms with Crippen LogP contribution in [0.4, 0.5) is 5.69 Å². The van der Waals surface area contributed by atoms with Gasteiger partial charge >= 0.3 is 0 Å². The van der Waals surface area contributed by atoms with Gasteiger partial charge in [-0.2, -0.15) is 0 Å². The number of hydrogen-bond donors (Lipinski definition) is 2. The highest BCUT2D eigenvalue weighted by Crippen LogP contribution is 2.31. The fourth-order valence-electron chi connectivity index (χ4n) is 3.57. The summed E-state index contributed by atoms with van der Waals surface area (Å²) in [6.45, 7) is 2.09. The molecule has 2 aromatic carbocycles. The van der Waals surface area contributed by atoms with Gasteiger partial charge < -0.3 is 10.3 Å². The number of carbonyl (C=O) groups is 1. The predicted molar refractivity (Wildman–Crippen MR) is 119 cm³/mol. The number of nitrogens with one attached hydrogen (secondary N) is 2. The second-order valence-corrected chi connectivity index (χ2v) is 7.59. The van der Waals surface area contributed by atoms with Gasteiger partial charge in [0.25, 0.3) is 0 Å². The van der Waals surface area contributed by atoms with E-state index in [4.69, 9.17) is 11.6 Å². The second kappa shape index (κ2) is 8.50. The Hall–Kier alpha value is -3.11. The predicted octanol–water partition coefficient (Wildman–Crippen LogP) is 6.15. The Kier molecular flexibility index (Phi) is 5.63. The quantitative estimate of drug-likeness (QED) is 0.405. The molecule has 0 aliphatic carbocycles. The third-order valence-corrected chi connectivity index (χ3v) is 5.16. The number of amides is 1. The van der Waals surface area contributed by atoms with E-state index in [1.807, 2.05) is 30.3 Å². The summed E-state index contributed by atoms with van der Waals surface area (Å²) in [5.41, 5.74) is 6.18. The molecule has 0 saturated carbocycles. The fraction of sp³-hybridized carbons (Fsp3) is 0.167. The number of aryl methyl sites for hydroxylation is 2. The molecule has 0 bridgehead atoms. The summed E-state index contributed by atoms with van der Waals surface area (Å²) < 4.78 is 0. The van der Waals surface area contributed by atoms with Crippen LogP contribution in [0.5, 0.6) is 0 Å². The van der Waals surface area contributed by atoms with E-state index in [0.717, 1.165) is 35.4 Å². The molecule has 4 nitrogen and oxygen atoms in total. The minimum atomic E-state index is -0.0114. The molecule has 5 heteroatoms. The molecule has 0 aliphatic heterocycles. The summed E-state index contributed by atoms with van der Waals surface area (Å²) in [7, 11) is 0. The van der Waals surface area contributed by atoms with Crippen LogP contribution < -0.4 is 5.32 Å². The molecule has 29 heavy (non-hydrogen) atoms. The van der Waals surface area contributed by atoms with Gasteiger partial charge in [0.2, 0.25) is 5.91 Å². The molecule has 146 valence electrons. The lowest BCUT2D eigenvalue weighted by molar-refractivity contribution is -0.116. The maximum Gasteiger partial charge on any atom is 0.224 e. The van der Waals surface area contributed by atoms with Crippen LogP contribution in [0, 0.1) is 6.92 Å². The number of carbonyl (C=O) groups excluding carboxylic acids is 1. The molecular weight excluding hydrogens is 382 g/mol. The van der Waals surface area contributed by atoms with Crippen molar-refractivity contribution in [2.24, 2.45) is 0 Å². The molecule has 4 rings (SSSR count). The molecule has 0 atom stereocenters. The lowest BCUT2D eigenvalue weighted by Gasteiger charge is -2.07. The first-order valence-electron chi connectivity index (χ1n) is 9.68. The number of rotatable bonds is 6. The number of H-pyrrole nitrogens is 1. The number of fused-ring (bicyclic) bond motifs is 1. The Morgan fingerprint density at radius 3 is 2.79 bits per heavy atom. The summed E-state index contributed by atoms with van der Waals surface area (Å²) >= 11 is 5.98. The number of aromatic amines is 1. The molecule has 0 unspecified atom stereocenters. The van der Waals surface area contributed by atoms with Crippen molar-refractivity contribution in [2.75, 3.05) is 5.32 Å². The standard InChI is InChI=1S/C24H22ClN3O/c1-16-11-12-21-20(14-16)19(24(28-21)22-9-2-3-13-26-22)8-5-10-23(29)27-18-7-4-6-17(25)15-18/h2-4,6-7,9,11-15,28H,5,8,10H2,1H3,(H,27,29). The normalized spacial score (nSPS) is 11.0. The molecule has 0 fully saturated rings. The van der Waals surface area contributed by atoms with Crippen molar-refractivity contribution in [1.82, 2.24) is 9.97 Å². The van der Waals surface area contributed by atoms with Gasteiger partial charge in [-0.25, -0.2) is 0 Å². The van der Waals surface area contributed by atoms with E-state index < -0.39 is 0 Å². The van der Waals surface area contributed by atoms with Gasteiger partial charge in [-0.15, -0.1) is 0 Å². The van der Waals surface area contributed by atoms with Gasteiger partial charge in [0.15, 0.2) is 0 Å². The zero-order chi connectivity index (χ0) is 20.2. The Labute approximate surface area is 174 Å². The van der Waals surface area contributed by atoms with E-state index in [-0.39, 0.29) is 5.91 Å². The van der Waals surface area contributed by atoms with E-state index >= 15 is 0 Å². The van der Waals surface area contributed by atoms with Crippen LogP contribution in [0.1, 0.15) is 24.0 Å². The Morgan fingerprint density at radius 1 is 1.10 bits per heavy atom. The number of anilines is 1. The minimum absolute atomic E-state index is 0.0114. The number of halogens is 1. The van der Waals surface area contributed by atoms with Gasteiger partial charge in [0.1, 0.15) is 0 Å². The molecule has 4 aromatic rings. The zero-order valence-electron chi connectivity index (χ0n) is 16.2. The number of benzene rings is 2. The molecule has 2 heterocycles. The fourth-order valence-corrected chi connectivity index (χ4v) is 3.76. The summed E-state index contributed by atoms with van der Waals surface area (Å²) in [5, 5.41) is 4.72. The number of pyridine rings is 1. The van der Waals surface area contributed by atoms with Crippen LogP contribution in [-0.2, 0) is 11.2 Å². The highest BCUT2D eigenvalue weighted by molar-refractivity contribution is 6.30. The van der Waals surface area contributed by atoms with E-state index in [1.54, 1.807) is 18.3 Å². The summed E-state index contributed by atoms with van der Waals surface area (Å²) in [5.74, 6) is -0.0114. The van der Waals surface area contributed by atoms with Gasteiger partial charge in [-0.05, 0) is 67.8 Å². The van der Waals surface area contributed by atoms with Crippen molar-refractivity contribution in [1.29, 1.82) is 0 Å². The summed E-state index contributed by atoms with van der Waals surface area (Å²) in [4.78, 5) is 20.4. The number of hydrogen-bond acceptors (Lipinski definition) is 2. The highest BCUT2D eigenvalue weighted by Gasteiger charge is 2.15. The Morgan fingerprint density at radius 2 is 2.00 bits per heavy atom. The third-order valence-electron chi connectivity index (χ3n) is 4.92. The smallest absolute Gasteiger partial charge is 0.224 e. The van der Waals surface area contributed by atoms with Gasteiger partial charge in [-0.1, -0.05) is 35.4 Å². The van der Waals surface area contributed by atoms with Crippen molar-refractivity contribution in [3.05, 3.63) is 83.0 Å². The van der Waals surface area contributed by atoms with E-state index in [9.17, 15) is 4.79 Å². The summed E-state index contributed by atoms with van der Waals surface area (Å²) in [6, 6.07) is 19.5. The van der Waals surface area contributed by atoms with Crippen LogP contribution in [-0.4, -0.2) is 15.9 Å². The topological polar surface area (TPSA) is 57.8 Å². The first-order chi connectivity index (χ1) is 14.1. The van der Waals surface area contributed by atoms with Gasteiger partial charge in [0.05, 0.1) is 11.4 Å². The molecule has 1 amide bonds. The average molecular weight is 404 g/mol. The van der Waals surface area contributed by atoms with Crippen molar-refractivity contribution >= 4 is 34.1 Å². The lowest BCUT2D eigenvalue weighted by atomic mass is 10.0.